The summed E-state index contributed by atoms with van der Waals surface area (Å²) in [6.45, 7) is 12.9. The van der Waals surface area contributed by atoms with Gasteiger partial charge in [0.25, 0.3) is 0 Å². The van der Waals surface area contributed by atoms with Gasteiger partial charge in [0.15, 0.2) is 0 Å². The number of anilines is 1. The van der Waals surface area contributed by atoms with Crippen LogP contribution in [-0.2, 0) is 13.6 Å². The lowest BCUT2D eigenvalue weighted by atomic mass is 10.2. The lowest BCUT2D eigenvalue weighted by Gasteiger charge is -2.25. The summed E-state index contributed by atoms with van der Waals surface area (Å²) in [6, 6.07) is 0.476. The Hall–Kier alpha value is -1.03. The number of aryl methyl sites for hydroxylation is 2. The molecule has 4 heteroatoms. The van der Waals surface area contributed by atoms with Crippen LogP contribution in [0.3, 0.4) is 0 Å². The normalized spacial score (nSPS) is 11.6. The van der Waals surface area contributed by atoms with Crippen molar-refractivity contribution in [3.05, 3.63) is 11.3 Å². The van der Waals surface area contributed by atoms with Crippen LogP contribution in [0.4, 0.5) is 5.82 Å². The first-order chi connectivity index (χ1) is 8.34. The molecule has 0 bridgehead atoms. The monoisotopic (exact) mass is 252 g/mol. The van der Waals surface area contributed by atoms with Crippen molar-refractivity contribution in [1.82, 2.24) is 15.1 Å². The molecule has 0 radical (unpaired) electrons. The van der Waals surface area contributed by atoms with E-state index in [9.17, 15) is 0 Å². The van der Waals surface area contributed by atoms with Crippen molar-refractivity contribution in [1.29, 1.82) is 0 Å². The number of hydrogen-bond donors (Lipinski definition) is 1. The fourth-order valence-corrected chi connectivity index (χ4v) is 2.07. The van der Waals surface area contributed by atoms with Crippen molar-refractivity contribution >= 4 is 5.82 Å². The first kappa shape index (κ1) is 15.0. The number of nitrogens with one attached hydrogen (secondary N) is 1. The van der Waals surface area contributed by atoms with Gasteiger partial charge in [-0.15, -0.1) is 0 Å². The summed E-state index contributed by atoms with van der Waals surface area (Å²) in [5, 5.41) is 8.06. The van der Waals surface area contributed by atoms with Gasteiger partial charge >= 0.3 is 0 Å². The Morgan fingerprint density at radius 1 is 1.28 bits per heavy atom. The van der Waals surface area contributed by atoms with E-state index in [0.29, 0.717) is 12.0 Å². The molecule has 1 N–H and O–H groups in total. The molecular weight excluding hydrogens is 224 g/mol. The molecule has 1 heterocycles. The number of aromatic nitrogens is 2. The van der Waals surface area contributed by atoms with Crippen LogP contribution in [0.2, 0.25) is 0 Å². The summed E-state index contributed by atoms with van der Waals surface area (Å²) in [7, 11) is 4.15. The largest absolute Gasteiger partial charge is 0.357 e. The average molecular weight is 252 g/mol. The van der Waals surface area contributed by atoms with Crippen molar-refractivity contribution in [3.8, 4) is 0 Å². The fraction of sp³-hybridized carbons (Fsp3) is 0.786. The highest BCUT2D eigenvalue weighted by Crippen LogP contribution is 2.23. The van der Waals surface area contributed by atoms with Crippen LogP contribution in [0.25, 0.3) is 0 Å². The van der Waals surface area contributed by atoms with Gasteiger partial charge in [0.2, 0.25) is 0 Å². The summed E-state index contributed by atoms with van der Waals surface area (Å²) >= 11 is 0. The van der Waals surface area contributed by atoms with Crippen LogP contribution in [0.5, 0.6) is 0 Å². The van der Waals surface area contributed by atoms with E-state index in [0.717, 1.165) is 18.8 Å². The van der Waals surface area contributed by atoms with E-state index in [1.54, 1.807) is 0 Å². The molecule has 104 valence electrons. The zero-order chi connectivity index (χ0) is 13.9. The van der Waals surface area contributed by atoms with E-state index >= 15 is 0 Å². The Morgan fingerprint density at radius 3 is 2.39 bits per heavy atom. The second-order valence-corrected chi connectivity index (χ2v) is 5.74. The van der Waals surface area contributed by atoms with E-state index in [2.05, 4.69) is 57.0 Å². The fourth-order valence-electron chi connectivity index (χ4n) is 2.07. The molecule has 0 unspecified atom stereocenters. The van der Waals surface area contributed by atoms with Crippen molar-refractivity contribution < 1.29 is 0 Å². The third-order valence-corrected chi connectivity index (χ3v) is 3.28. The maximum absolute atomic E-state index is 4.55. The zero-order valence-electron chi connectivity index (χ0n) is 12.9. The number of hydrogen-bond acceptors (Lipinski definition) is 3. The lowest BCUT2D eigenvalue weighted by molar-refractivity contribution is 0.550. The van der Waals surface area contributed by atoms with Gasteiger partial charge in [-0.2, -0.15) is 5.10 Å². The van der Waals surface area contributed by atoms with Crippen molar-refractivity contribution in [2.24, 2.45) is 13.0 Å². The van der Waals surface area contributed by atoms with Crippen LogP contribution < -0.4 is 10.2 Å². The average Bonchev–Trinajstić information content (AvgIpc) is 2.52. The molecule has 1 rings (SSSR count). The van der Waals surface area contributed by atoms with Gasteiger partial charge in [0.1, 0.15) is 5.82 Å². The van der Waals surface area contributed by atoms with E-state index in [1.165, 1.54) is 11.4 Å². The second kappa shape index (κ2) is 6.23. The van der Waals surface area contributed by atoms with E-state index in [1.807, 2.05) is 11.7 Å². The molecule has 0 aliphatic heterocycles. The lowest BCUT2D eigenvalue weighted by Crippen LogP contribution is -2.29. The molecule has 4 nitrogen and oxygen atoms in total. The molecule has 0 aliphatic rings. The van der Waals surface area contributed by atoms with Gasteiger partial charge in [-0.05, 0) is 33.2 Å². The van der Waals surface area contributed by atoms with E-state index in [4.69, 9.17) is 0 Å². The summed E-state index contributed by atoms with van der Waals surface area (Å²) in [5.74, 6) is 1.90. The topological polar surface area (TPSA) is 33.1 Å². The minimum Gasteiger partial charge on any atom is -0.357 e. The summed E-state index contributed by atoms with van der Waals surface area (Å²) in [5.41, 5.74) is 2.44. The standard InChI is InChI=1S/C14H28N4/c1-10(2)8-15-9-13-12(5)16-18(7)14(13)17(6)11(3)4/h10-11,15H,8-9H2,1-7H3. The maximum atomic E-state index is 4.55. The molecule has 0 atom stereocenters. The maximum Gasteiger partial charge on any atom is 0.131 e. The highest BCUT2D eigenvalue weighted by molar-refractivity contribution is 5.50. The summed E-state index contributed by atoms with van der Waals surface area (Å²) in [4.78, 5) is 2.28. The Labute approximate surface area is 111 Å². The highest BCUT2D eigenvalue weighted by atomic mass is 15.4. The SMILES string of the molecule is Cc1nn(C)c(N(C)C(C)C)c1CNCC(C)C. The molecular formula is C14H28N4. The minimum atomic E-state index is 0.476. The quantitative estimate of drug-likeness (QED) is 0.843. The van der Waals surface area contributed by atoms with Crippen LogP contribution in [0, 0.1) is 12.8 Å². The van der Waals surface area contributed by atoms with Gasteiger partial charge in [-0.1, -0.05) is 13.8 Å². The van der Waals surface area contributed by atoms with Crippen molar-refractivity contribution in [2.75, 3.05) is 18.5 Å². The van der Waals surface area contributed by atoms with Gasteiger partial charge in [-0.3, -0.25) is 4.68 Å². The molecule has 0 fully saturated rings. The summed E-state index contributed by atoms with van der Waals surface area (Å²) < 4.78 is 1.99. The highest BCUT2D eigenvalue weighted by Gasteiger charge is 2.18. The molecule has 0 aromatic carbocycles. The molecule has 0 amide bonds. The molecule has 0 spiro atoms. The first-order valence-electron chi connectivity index (χ1n) is 6.80. The van der Waals surface area contributed by atoms with Crippen LogP contribution in [-0.4, -0.2) is 29.4 Å². The molecule has 1 aromatic heterocycles. The summed E-state index contributed by atoms with van der Waals surface area (Å²) in [6.07, 6.45) is 0. The van der Waals surface area contributed by atoms with Crippen LogP contribution >= 0.6 is 0 Å². The first-order valence-corrected chi connectivity index (χ1v) is 6.80. The molecule has 0 saturated heterocycles. The molecule has 1 aromatic rings. The molecule has 0 aliphatic carbocycles. The van der Waals surface area contributed by atoms with Crippen molar-refractivity contribution in [2.45, 2.75) is 47.2 Å². The van der Waals surface area contributed by atoms with E-state index in [-0.39, 0.29) is 0 Å². The molecule has 18 heavy (non-hydrogen) atoms. The smallest absolute Gasteiger partial charge is 0.131 e. The second-order valence-electron chi connectivity index (χ2n) is 5.74. The van der Waals surface area contributed by atoms with Gasteiger partial charge in [0, 0.05) is 32.2 Å². The number of rotatable bonds is 6. The van der Waals surface area contributed by atoms with Crippen molar-refractivity contribution in [3.63, 3.8) is 0 Å². The predicted octanol–water partition coefficient (Wildman–Crippen LogP) is 2.32. The Kier molecular flexibility index (Phi) is 5.20. The third kappa shape index (κ3) is 3.48. The Balaban J connectivity index is 2.89. The Morgan fingerprint density at radius 2 is 1.89 bits per heavy atom. The predicted molar refractivity (Wildman–Crippen MR) is 78.0 cm³/mol. The Bertz CT molecular complexity index is 379. The van der Waals surface area contributed by atoms with Crippen LogP contribution in [0.15, 0.2) is 0 Å². The number of nitrogens with zero attached hydrogens (tertiary/aromatic N) is 3. The third-order valence-electron chi connectivity index (χ3n) is 3.28. The minimum absolute atomic E-state index is 0.476. The molecule has 0 saturated carbocycles. The zero-order valence-corrected chi connectivity index (χ0v) is 12.9. The van der Waals surface area contributed by atoms with E-state index < -0.39 is 0 Å². The van der Waals surface area contributed by atoms with Gasteiger partial charge < -0.3 is 10.2 Å². The van der Waals surface area contributed by atoms with Gasteiger partial charge in [0.05, 0.1) is 5.69 Å². The van der Waals surface area contributed by atoms with Crippen LogP contribution in [0.1, 0.15) is 39.0 Å². The van der Waals surface area contributed by atoms with Gasteiger partial charge in [-0.25, -0.2) is 0 Å².